The summed E-state index contributed by atoms with van der Waals surface area (Å²) in [7, 11) is 0. The molecule has 0 aliphatic heterocycles. The molecule has 0 aliphatic carbocycles. The summed E-state index contributed by atoms with van der Waals surface area (Å²) in [5, 5.41) is 15.9. The lowest BCUT2D eigenvalue weighted by Crippen LogP contribution is -2.13. The molecule has 2 aromatic heterocycles. The first-order valence-corrected chi connectivity index (χ1v) is 10.5. The number of hydrogen-bond donors (Lipinski definition) is 3. The minimum Gasteiger partial charge on any atom is -0.478 e. The van der Waals surface area contributed by atoms with E-state index < -0.39 is 17.6 Å². The Morgan fingerprint density at radius 1 is 1.06 bits per heavy atom. The van der Waals surface area contributed by atoms with Crippen LogP contribution in [0.1, 0.15) is 23.0 Å². The zero-order valence-electron chi connectivity index (χ0n) is 18.2. The van der Waals surface area contributed by atoms with Gasteiger partial charge >= 0.3 is 5.97 Å². The van der Waals surface area contributed by atoms with Gasteiger partial charge in [-0.2, -0.15) is 0 Å². The summed E-state index contributed by atoms with van der Waals surface area (Å²) in [6, 6.07) is 10.6. The molecule has 4 aromatic rings. The second kappa shape index (κ2) is 9.23. The number of aryl methyl sites for hydroxylation is 1. The maximum Gasteiger partial charge on any atom is 0.337 e. The van der Waals surface area contributed by atoms with Gasteiger partial charge in [0.15, 0.2) is 0 Å². The molecular weight excluding hydrogens is 428 g/mol. The average molecular weight is 451 g/mol. The minimum atomic E-state index is -1.01. The summed E-state index contributed by atoms with van der Waals surface area (Å²) < 4.78 is 30.1. The van der Waals surface area contributed by atoms with E-state index in [4.69, 9.17) is 0 Å². The summed E-state index contributed by atoms with van der Waals surface area (Å²) >= 11 is 0. The highest BCUT2D eigenvalue weighted by Crippen LogP contribution is 2.27. The lowest BCUT2D eigenvalue weighted by molar-refractivity contribution is 0.0698. The second-order valence-electron chi connectivity index (χ2n) is 7.54. The Morgan fingerprint density at radius 2 is 1.85 bits per heavy atom. The predicted molar refractivity (Wildman–Crippen MR) is 124 cm³/mol. The van der Waals surface area contributed by atoms with Gasteiger partial charge in [0.2, 0.25) is 0 Å². The fourth-order valence-electron chi connectivity index (χ4n) is 3.85. The standard InChI is InChI=1S/C24H23F2N5O2/c1-3-27-21-11-15(4-5-16(21)24(32)33)20-12-22(30-13-29-20)28-8-9-31-14(2)10-17-18(25)6-7-19(26)23(17)31/h4-7,10-13,27H,3,8-9H2,1-2H3,(H,32,33)(H,28,29,30). The fourth-order valence-corrected chi connectivity index (χ4v) is 3.85. The molecule has 0 radical (unpaired) electrons. The maximum absolute atomic E-state index is 14.3. The lowest BCUT2D eigenvalue weighted by atomic mass is 10.1. The average Bonchev–Trinajstić information content (AvgIpc) is 3.14. The third kappa shape index (κ3) is 4.48. The van der Waals surface area contributed by atoms with Gasteiger partial charge in [-0.05, 0) is 44.2 Å². The normalized spacial score (nSPS) is 11.0. The van der Waals surface area contributed by atoms with Gasteiger partial charge in [0, 0.05) is 48.0 Å². The Bertz CT molecular complexity index is 1340. The monoisotopic (exact) mass is 451 g/mol. The molecular formula is C24H23F2N5O2. The van der Waals surface area contributed by atoms with Gasteiger partial charge in [-0.15, -0.1) is 0 Å². The van der Waals surface area contributed by atoms with Gasteiger partial charge in [0.25, 0.3) is 0 Å². The number of hydrogen-bond acceptors (Lipinski definition) is 5. The van der Waals surface area contributed by atoms with Crippen molar-refractivity contribution in [3.8, 4) is 11.3 Å². The van der Waals surface area contributed by atoms with Crippen molar-refractivity contribution in [2.24, 2.45) is 0 Å². The van der Waals surface area contributed by atoms with Crippen molar-refractivity contribution in [3.63, 3.8) is 0 Å². The van der Waals surface area contributed by atoms with Crippen LogP contribution in [0, 0.1) is 18.6 Å². The van der Waals surface area contributed by atoms with Gasteiger partial charge in [0.1, 0.15) is 23.8 Å². The number of benzene rings is 2. The van der Waals surface area contributed by atoms with E-state index in [0.29, 0.717) is 36.8 Å². The van der Waals surface area contributed by atoms with Gasteiger partial charge < -0.3 is 20.3 Å². The molecule has 9 heteroatoms. The number of fused-ring (bicyclic) bond motifs is 1. The quantitative estimate of drug-likeness (QED) is 0.352. The molecule has 0 amide bonds. The van der Waals surface area contributed by atoms with Crippen LogP contribution in [-0.4, -0.2) is 38.7 Å². The van der Waals surface area contributed by atoms with E-state index >= 15 is 0 Å². The number of halogens is 2. The summed E-state index contributed by atoms with van der Waals surface area (Å²) in [5.41, 5.74) is 3.07. The van der Waals surface area contributed by atoms with Crippen molar-refractivity contribution in [2.75, 3.05) is 23.7 Å². The molecule has 0 bridgehead atoms. The fraction of sp³-hybridized carbons (Fsp3) is 0.208. The Balaban J connectivity index is 1.53. The molecule has 0 saturated heterocycles. The summed E-state index contributed by atoms with van der Waals surface area (Å²) in [5.74, 6) is -1.36. The van der Waals surface area contributed by atoms with Crippen molar-refractivity contribution in [3.05, 3.63) is 71.7 Å². The molecule has 4 rings (SSSR count). The molecule has 7 nitrogen and oxygen atoms in total. The molecule has 0 fully saturated rings. The smallest absolute Gasteiger partial charge is 0.337 e. The molecule has 2 heterocycles. The van der Waals surface area contributed by atoms with E-state index in [-0.39, 0.29) is 16.5 Å². The number of carbonyl (C=O) groups is 1. The zero-order valence-corrected chi connectivity index (χ0v) is 18.2. The van der Waals surface area contributed by atoms with Crippen LogP contribution in [0.3, 0.4) is 0 Å². The number of rotatable bonds is 8. The molecule has 0 saturated carbocycles. The third-order valence-corrected chi connectivity index (χ3v) is 5.39. The number of carboxylic acid groups (broad SMARTS) is 1. The van der Waals surface area contributed by atoms with Gasteiger partial charge in [-0.3, -0.25) is 0 Å². The molecule has 0 aliphatic rings. The summed E-state index contributed by atoms with van der Waals surface area (Å²) in [6.07, 6.45) is 1.42. The number of anilines is 2. The Hall–Kier alpha value is -4.01. The zero-order chi connectivity index (χ0) is 23.5. The largest absolute Gasteiger partial charge is 0.478 e. The van der Waals surface area contributed by atoms with E-state index in [9.17, 15) is 18.7 Å². The molecule has 0 unspecified atom stereocenters. The van der Waals surface area contributed by atoms with Gasteiger partial charge in [0.05, 0.1) is 16.8 Å². The van der Waals surface area contributed by atoms with Crippen LogP contribution in [0.4, 0.5) is 20.3 Å². The van der Waals surface area contributed by atoms with Crippen LogP contribution in [-0.2, 0) is 6.54 Å². The second-order valence-corrected chi connectivity index (χ2v) is 7.54. The highest BCUT2D eigenvalue weighted by atomic mass is 19.1. The van der Waals surface area contributed by atoms with E-state index in [2.05, 4.69) is 20.6 Å². The third-order valence-electron chi connectivity index (χ3n) is 5.39. The van der Waals surface area contributed by atoms with Crippen LogP contribution in [0.2, 0.25) is 0 Å². The molecule has 0 spiro atoms. The number of nitrogens with one attached hydrogen (secondary N) is 2. The van der Waals surface area contributed by atoms with Crippen LogP contribution >= 0.6 is 0 Å². The van der Waals surface area contributed by atoms with Crippen molar-refractivity contribution < 1.29 is 18.7 Å². The molecule has 0 atom stereocenters. The molecule has 2 aromatic carbocycles. The highest BCUT2D eigenvalue weighted by molar-refractivity contribution is 5.95. The van der Waals surface area contributed by atoms with Crippen LogP contribution in [0.15, 0.2) is 48.8 Å². The van der Waals surface area contributed by atoms with Crippen LogP contribution < -0.4 is 10.6 Å². The first-order chi connectivity index (χ1) is 15.9. The van der Waals surface area contributed by atoms with Crippen molar-refractivity contribution in [2.45, 2.75) is 20.4 Å². The topological polar surface area (TPSA) is 92.1 Å². The van der Waals surface area contributed by atoms with E-state index in [1.807, 2.05) is 13.8 Å². The van der Waals surface area contributed by atoms with Crippen molar-refractivity contribution >= 4 is 28.4 Å². The highest BCUT2D eigenvalue weighted by Gasteiger charge is 2.14. The number of nitrogens with zero attached hydrogens (tertiary/aromatic N) is 3. The Labute approximate surface area is 189 Å². The van der Waals surface area contributed by atoms with Crippen molar-refractivity contribution in [1.82, 2.24) is 14.5 Å². The van der Waals surface area contributed by atoms with Gasteiger partial charge in [-0.1, -0.05) is 6.07 Å². The molecule has 33 heavy (non-hydrogen) atoms. The van der Waals surface area contributed by atoms with Gasteiger partial charge in [-0.25, -0.2) is 23.5 Å². The summed E-state index contributed by atoms with van der Waals surface area (Å²) in [6.45, 7) is 5.12. The SMILES string of the molecule is CCNc1cc(-c2cc(NCCn3c(C)cc4c(F)ccc(F)c43)ncn2)ccc1C(=O)O. The molecule has 170 valence electrons. The first kappa shape index (κ1) is 22.2. The number of aromatic carboxylic acids is 1. The number of aromatic nitrogens is 3. The lowest BCUT2D eigenvalue weighted by Gasteiger charge is -2.12. The number of carboxylic acids is 1. The Kier molecular flexibility index (Phi) is 6.21. The maximum atomic E-state index is 14.3. The van der Waals surface area contributed by atoms with E-state index in [0.717, 1.165) is 23.4 Å². The van der Waals surface area contributed by atoms with E-state index in [1.165, 1.54) is 6.33 Å². The molecule has 3 N–H and O–H groups in total. The van der Waals surface area contributed by atoms with Crippen molar-refractivity contribution in [1.29, 1.82) is 0 Å². The van der Waals surface area contributed by atoms with E-state index in [1.54, 1.807) is 34.9 Å². The van der Waals surface area contributed by atoms with Crippen LogP contribution in [0.5, 0.6) is 0 Å². The minimum absolute atomic E-state index is 0.186. The van der Waals surface area contributed by atoms with Crippen LogP contribution in [0.25, 0.3) is 22.2 Å². The predicted octanol–water partition coefficient (Wildman–Crippen LogP) is 4.93. The first-order valence-electron chi connectivity index (χ1n) is 10.5. The Morgan fingerprint density at radius 3 is 2.61 bits per heavy atom. The summed E-state index contributed by atoms with van der Waals surface area (Å²) in [4.78, 5) is 20.0.